The number of benzene rings is 1. The average Bonchev–Trinajstić information content (AvgIpc) is 2.75. The van der Waals surface area contributed by atoms with Gasteiger partial charge in [-0.1, -0.05) is 18.6 Å². The number of amides is 1. The standard InChI is InChI=1S/C21H26N4O5/c1-30-19(27)11-22-18(26)12-24-17-8-3-2-7-16(17)20(28)25(21(24)29)15-9-13-5-4-6-14(10-15)23-13/h2-3,7-8,13-15,23H,4-6,9-12H2,1H3,(H,22,26)/t13-,14?,15?/m1/s1. The fourth-order valence-corrected chi connectivity index (χ4v) is 4.70. The molecular formula is C21H26N4O5. The van der Waals surface area contributed by atoms with E-state index in [0.717, 1.165) is 32.1 Å². The minimum atomic E-state index is -0.577. The first kappa shape index (κ1) is 20.3. The van der Waals surface area contributed by atoms with Crippen molar-refractivity contribution in [1.82, 2.24) is 19.8 Å². The Morgan fingerprint density at radius 1 is 1.17 bits per heavy atom. The van der Waals surface area contributed by atoms with E-state index in [-0.39, 0.29) is 24.7 Å². The van der Waals surface area contributed by atoms with Crippen LogP contribution in [0.3, 0.4) is 0 Å². The zero-order chi connectivity index (χ0) is 21.3. The van der Waals surface area contributed by atoms with Crippen LogP contribution >= 0.6 is 0 Å². The van der Waals surface area contributed by atoms with Gasteiger partial charge >= 0.3 is 11.7 Å². The Kier molecular flexibility index (Phi) is 5.72. The maximum atomic E-state index is 13.4. The van der Waals surface area contributed by atoms with Crippen LogP contribution in [0.5, 0.6) is 0 Å². The molecule has 0 aliphatic carbocycles. The van der Waals surface area contributed by atoms with Crippen LogP contribution in [0, 0.1) is 0 Å². The number of nitrogens with one attached hydrogen (secondary N) is 2. The summed E-state index contributed by atoms with van der Waals surface area (Å²) in [5.74, 6) is -1.08. The summed E-state index contributed by atoms with van der Waals surface area (Å²) in [6.07, 6.45) is 4.68. The summed E-state index contributed by atoms with van der Waals surface area (Å²) in [6.45, 7) is -0.562. The van der Waals surface area contributed by atoms with Crippen molar-refractivity contribution in [2.75, 3.05) is 13.7 Å². The summed E-state index contributed by atoms with van der Waals surface area (Å²) >= 11 is 0. The van der Waals surface area contributed by atoms with Gasteiger partial charge in [0.1, 0.15) is 13.1 Å². The third-order valence-corrected chi connectivity index (χ3v) is 6.10. The molecule has 0 saturated carbocycles. The molecule has 2 saturated heterocycles. The number of methoxy groups -OCH3 is 1. The molecule has 2 bridgehead atoms. The molecule has 4 rings (SSSR count). The molecule has 0 spiro atoms. The fourth-order valence-electron chi connectivity index (χ4n) is 4.70. The van der Waals surface area contributed by atoms with Gasteiger partial charge in [-0.05, 0) is 37.8 Å². The summed E-state index contributed by atoms with van der Waals surface area (Å²) in [6, 6.07) is 7.22. The van der Waals surface area contributed by atoms with Crippen LogP contribution in [-0.2, 0) is 20.9 Å². The molecule has 2 N–H and O–H groups in total. The highest BCUT2D eigenvalue weighted by Crippen LogP contribution is 2.31. The highest BCUT2D eigenvalue weighted by atomic mass is 16.5. The number of carbonyl (C=O) groups is 2. The predicted molar refractivity (Wildman–Crippen MR) is 110 cm³/mol. The lowest BCUT2D eigenvalue weighted by Crippen LogP contribution is -2.53. The number of piperidine rings is 2. The Morgan fingerprint density at radius 2 is 1.87 bits per heavy atom. The van der Waals surface area contributed by atoms with Crippen molar-refractivity contribution in [3.05, 3.63) is 45.1 Å². The smallest absolute Gasteiger partial charge is 0.332 e. The second-order valence-corrected chi connectivity index (χ2v) is 8.03. The highest BCUT2D eigenvalue weighted by molar-refractivity contribution is 5.84. The van der Waals surface area contributed by atoms with Crippen LogP contribution < -0.4 is 21.9 Å². The van der Waals surface area contributed by atoms with Gasteiger partial charge < -0.3 is 15.4 Å². The average molecular weight is 414 g/mol. The lowest BCUT2D eigenvalue weighted by atomic mass is 9.84. The van der Waals surface area contributed by atoms with Gasteiger partial charge in [-0.2, -0.15) is 0 Å². The Bertz CT molecular complexity index is 1080. The van der Waals surface area contributed by atoms with E-state index in [1.54, 1.807) is 24.3 Å². The normalized spacial score (nSPS) is 23.2. The van der Waals surface area contributed by atoms with Crippen molar-refractivity contribution in [3.8, 4) is 0 Å². The minimum Gasteiger partial charge on any atom is -0.468 e. The molecule has 1 aromatic carbocycles. The number of rotatable bonds is 5. The van der Waals surface area contributed by atoms with Gasteiger partial charge in [0.15, 0.2) is 0 Å². The number of hydrogen-bond acceptors (Lipinski definition) is 6. The minimum absolute atomic E-state index is 0.199. The van der Waals surface area contributed by atoms with Crippen LogP contribution in [0.4, 0.5) is 0 Å². The predicted octanol–water partition coefficient (Wildman–Crippen LogP) is 0.298. The van der Waals surface area contributed by atoms with Gasteiger partial charge in [-0.3, -0.25) is 23.5 Å². The molecule has 2 aliphatic heterocycles. The van der Waals surface area contributed by atoms with Gasteiger partial charge in [0, 0.05) is 18.1 Å². The van der Waals surface area contributed by atoms with Crippen LogP contribution in [0.25, 0.3) is 10.9 Å². The maximum absolute atomic E-state index is 13.4. The van der Waals surface area contributed by atoms with Crippen LogP contribution in [-0.4, -0.2) is 46.7 Å². The van der Waals surface area contributed by atoms with Crippen molar-refractivity contribution in [3.63, 3.8) is 0 Å². The van der Waals surface area contributed by atoms with Crippen LogP contribution in [0.2, 0.25) is 0 Å². The first-order valence-electron chi connectivity index (χ1n) is 10.3. The summed E-state index contributed by atoms with van der Waals surface area (Å²) in [7, 11) is 1.23. The van der Waals surface area contributed by atoms with E-state index in [4.69, 9.17) is 0 Å². The number of fused-ring (bicyclic) bond motifs is 3. The molecule has 1 aromatic heterocycles. The highest BCUT2D eigenvalue weighted by Gasteiger charge is 2.34. The van der Waals surface area contributed by atoms with Gasteiger partial charge in [-0.25, -0.2) is 4.79 Å². The molecular weight excluding hydrogens is 388 g/mol. The number of hydrogen-bond donors (Lipinski definition) is 2. The Balaban J connectivity index is 1.73. The molecule has 2 unspecified atom stereocenters. The third-order valence-electron chi connectivity index (χ3n) is 6.10. The second-order valence-electron chi connectivity index (χ2n) is 8.03. The van der Waals surface area contributed by atoms with E-state index in [0.29, 0.717) is 23.0 Å². The number of ether oxygens (including phenoxy) is 1. The van der Waals surface area contributed by atoms with Crippen molar-refractivity contribution < 1.29 is 14.3 Å². The molecule has 1 amide bonds. The van der Waals surface area contributed by atoms with E-state index >= 15 is 0 Å². The van der Waals surface area contributed by atoms with Crippen molar-refractivity contribution >= 4 is 22.8 Å². The zero-order valence-electron chi connectivity index (χ0n) is 16.9. The van der Waals surface area contributed by atoms with Crippen molar-refractivity contribution in [2.24, 2.45) is 0 Å². The Hall–Kier alpha value is -2.94. The monoisotopic (exact) mass is 414 g/mol. The molecule has 0 radical (unpaired) electrons. The molecule has 9 nitrogen and oxygen atoms in total. The number of aromatic nitrogens is 2. The Labute approximate surface area is 173 Å². The molecule has 160 valence electrons. The molecule has 9 heteroatoms. The number of nitrogens with zero attached hydrogens (tertiary/aromatic N) is 2. The fraction of sp³-hybridized carbons (Fsp3) is 0.524. The van der Waals surface area contributed by atoms with E-state index in [2.05, 4.69) is 15.4 Å². The summed E-state index contributed by atoms with van der Waals surface area (Å²) in [5.41, 5.74) is -0.394. The maximum Gasteiger partial charge on any atom is 0.332 e. The SMILES string of the molecule is COC(=O)CNC(=O)Cn1c(=O)n(C2CC3CCC[C@H](C2)N3)c(=O)c2ccccc21. The van der Waals surface area contributed by atoms with Crippen LogP contribution in [0.1, 0.15) is 38.1 Å². The van der Waals surface area contributed by atoms with Gasteiger partial charge in [0.2, 0.25) is 5.91 Å². The number of para-hydroxylation sites is 1. The largest absolute Gasteiger partial charge is 0.468 e. The topological polar surface area (TPSA) is 111 Å². The van der Waals surface area contributed by atoms with Gasteiger partial charge in [0.05, 0.1) is 18.0 Å². The number of esters is 1. The molecule has 2 fully saturated rings. The third kappa shape index (κ3) is 3.89. The van der Waals surface area contributed by atoms with Crippen LogP contribution in [0.15, 0.2) is 33.9 Å². The quantitative estimate of drug-likeness (QED) is 0.681. The van der Waals surface area contributed by atoms with Gasteiger partial charge in [0.25, 0.3) is 5.56 Å². The van der Waals surface area contributed by atoms with Gasteiger partial charge in [-0.15, -0.1) is 0 Å². The number of carbonyl (C=O) groups excluding carboxylic acids is 2. The molecule has 3 heterocycles. The first-order chi connectivity index (χ1) is 14.5. The van der Waals surface area contributed by atoms with E-state index in [1.807, 2.05) is 0 Å². The summed E-state index contributed by atoms with van der Waals surface area (Å²) in [5, 5.41) is 6.43. The van der Waals surface area contributed by atoms with E-state index in [9.17, 15) is 19.2 Å². The zero-order valence-corrected chi connectivity index (χ0v) is 16.9. The summed E-state index contributed by atoms with van der Waals surface area (Å²) in [4.78, 5) is 50.3. The lowest BCUT2D eigenvalue weighted by Gasteiger charge is -2.40. The summed E-state index contributed by atoms with van der Waals surface area (Å²) < 4.78 is 7.18. The molecule has 3 atom stereocenters. The molecule has 2 aliphatic rings. The second kappa shape index (κ2) is 8.43. The Morgan fingerprint density at radius 3 is 2.57 bits per heavy atom. The molecule has 2 aromatic rings. The van der Waals surface area contributed by atoms with E-state index < -0.39 is 17.6 Å². The lowest BCUT2D eigenvalue weighted by molar-refractivity contribution is -0.141. The first-order valence-corrected chi connectivity index (χ1v) is 10.3. The van der Waals surface area contributed by atoms with Crippen molar-refractivity contribution in [2.45, 2.75) is 56.8 Å². The van der Waals surface area contributed by atoms with E-state index in [1.165, 1.54) is 16.2 Å². The van der Waals surface area contributed by atoms with Crippen molar-refractivity contribution in [1.29, 1.82) is 0 Å². The molecule has 30 heavy (non-hydrogen) atoms.